The van der Waals surface area contributed by atoms with Gasteiger partial charge in [0, 0.05) is 29.5 Å². The van der Waals surface area contributed by atoms with Gasteiger partial charge in [0.25, 0.3) is 5.91 Å². The molecule has 2 aromatic carbocycles. The van der Waals surface area contributed by atoms with Crippen LogP contribution in [0.4, 0.5) is 0 Å². The molecule has 0 saturated heterocycles. The monoisotopic (exact) mass is 442 g/mol. The number of nitrogens with one attached hydrogen (secondary N) is 1. The van der Waals surface area contributed by atoms with E-state index >= 15 is 0 Å². The van der Waals surface area contributed by atoms with E-state index in [2.05, 4.69) is 15.5 Å². The second kappa shape index (κ2) is 10.1. The lowest BCUT2D eigenvalue weighted by Crippen LogP contribution is -2.39. The zero-order valence-corrected chi connectivity index (χ0v) is 17.4. The molecule has 1 amide bonds. The van der Waals surface area contributed by atoms with Gasteiger partial charge in [-0.15, -0.1) is 0 Å². The summed E-state index contributed by atoms with van der Waals surface area (Å²) >= 11 is 5.91. The maximum Gasteiger partial charge on any atom is 0.255 e. The number of carbonyl (C=O) groups excluding carboxylic acids is 1. The highest BCUT2D eigenvalue weighted by Crippen LogP contribution is 2.19. The molecule has 0 atom stereocenters. The van der Waals surface area contributed by atoms with Gasteiger partial charge in [-0.3, -0.25) is 9.78 Å². The van der Waals surface area contributed by atoms with Crippen molar-refractivity contribution in [2.45, 2.75) is 11.4 Å². The van der Waals surface area contributed by atoms with Crippen LogP contribution in [0.15, 0.2) is 89.1 Å². The van der Waals surface area contributed by atoms with Gasteiger partial charge < -0.3 is 0 Å². The lowest BCUT2D eigenvalue weighted by Gasteiger charge is -2.21. The summed E-state index contributed by atoms with van der Waals surface area (Å²) in [6, 6.07) is 18.2. The van der Waals surface area contributed by atoms with E-state index in [0.29, 0.717) is 16.1 Å². The first-order chi connectivity index (χ1) is 14.4. The maximum absolute atomic E-state index is 13.1. The number of pyridine rings is 1. The molecule has 3 rings (SSSR count). The summed E-state index contributed by atoms with van der Waals surface area (Å²) in [6.07, 6.45) is 4.64. The van der Waals surface area contributed by atoms with Gasteiger partial charge in [-0.05, 0) is 35.9 Å². The van der Waals surface area contributed by atoms with Crippen LogP contribution in [0.5, 0.6) is 0 Å². The van der Waals surface area contributed by atoms with E-state index in [0.717, 1.165) is 4.31 Å². The number of nitrogens with zero attached hydrogens (tertiary/aromatic N) is 3. The molecule has 30 heavy (non-hydrogen) atoms. The molecular weight excluding hydrogens is 424 g/mol. The predicted octanol–water partition coefficient (Wildman–Crippen LogP) is 3.08. The van der Waals surface area contributed by atoms with Gasteiger partial charge in [0.15, 0.2) is 0 Å². The Kier molecular flexibility index (Phi) is 7.29. The van der Waals surface area contributed by atoms with Gasteiger partial charge in [0.05, 0.1) is 17.7 Å². The highest BCUT2D eigenvalue weighted by Gasteiger charge is 2.26. The van der Waals surface area contributed by atoms with E-state index in [1.165, 1.54) is 18.3 Å². The first-order valence-electron chi connectivity index (χ1n) is 8.97. The van der Waals surface area contributed by atoms with Crippen molar-refractivity contribution in [2.24, 2.45) is 5.10 Å². The zero-order chi connectivity index (χ0) is 21.4. The minimum atomic E-state index is -3.90. The largest absolute Gasteiger partial charge is 0.272 e. The molecule has 0 spiro atoms. The first kappa shape index (κ1) is 21.6. The quantitative estimate of drug-likeness (QED) is 0.428. The molecule has 9 heteroatoms. The molecule has 1 aromatic heterocycles. The van der Waals surface area contributed by atoms with Gasteiger partial charge in [0.1, 0.15) is 0 Å². The zero-order valence-electron chi connectivity index (χ0n) is 15.8. The van der Waals surface area contributed by atoms with E-state index in [9.17, 15) is 13.2 Å². The van der Waals surface area contributed by atoms with Gasteiger partial charge in [-0.1, -0.05) is 48.0 Å². The van der Waals surface area contributed by atoms with E-state index in [-0.39, 0.29) is 11.4 Å². The molecule has 7 nitrogen and oxygen atoms in total. The van der Waals surface area contributed by atoms with Crippen molar-refractivity contribution < 1.29 is 13.2 Å². The van der Waals surface area contributed by atoms with E-state index in [4.69, 9.17) is 11.6 Å². The number of hydrogen-bond donors (Lipinski definition) is 1. The van der Waals surface area contributed by atoms with Crippen molar-refractivity contribution in [3.05, 3.63) is 95.3 Å². The number of carbonyl (C=O) groups is 1. The van der Waals surface area contributed by atoms with Gasteiger partial charge in [-0.25, -0.2) is 13.8 Å². The lowest BCUT2D eigenvalue weighted by atomic mass is 10.2. The van der Waals surface area contributed by atoms with Crippen LogP contribution in [-0.2, 0) is 21.4 Å². The summed E-state index contributed by atoms with van der Waals surface area (Å²) in [7, 11) is -3.90. The van der Waals surface area contributed by atoms with Crippen molar-refractivity contribution >= 4 is 33.7 Å². The van der Waals surface area contributed by atoms with Crippen LogP contribution in [0.2, 0.25) is 5.02 Å². The van der Waals surface area contributed by atoms with E-state index < -0.39 is 22.5 Å². The second-order valence-electron chi connectivity index (χ2n) is 6.29. The summed E-state index contributed by atoms with van der Waals surface area (Å²) in [5.74, 6) is -0.566. The fraction of sp³-hybridized carbons (Fsp3) is 0.0952. The van der Waals surface area contributed by atoms with Crippen LogP contribution in [-0.4, -0.2) is 36.4 Å². The number of hydrogen-bond acceptors (Lipinski definition) is 5. The minimum Gasteiger partial charge on any atom is -0.272 e. The van der Waals surface area contributed by atoms with Crippen molar-refractivity contribution in [3.8, 4) is 0 Å². The molecule has 0 aliphatic heterocycles. The van der Waals surface area contributed by atoms with E-state index in [1.807, 2.05) is 0 Å². The molecule has 154 valence electrons. The number of hydrazone groups is 1. The highest BCUT2D eigenvalue weighted by molar-refractivity contribution is 7.89. The molecule has 3 aromatic rings. The third kappa shape index (κ3) is 5.96. The SMILES string of the molecule is O=C(CN(Cc1ccc(Cl)cc1)S(=O)(=O)c1ccccc1)N/N=C/c1cccnc1. The Bertz CT molecular complexity index is 1110. The lowest BCUT2D eigenvalue weighted by molar-refractivity contribution is -0.121. The summed E-state index contributed by atoms with van der Waals surface area (Å²) < 4.78 is 27.3. The summed E-state index contributed by atoms with van der Waals surface area (Å²) in [4.78, 5) is 16.4. The van der Waals surface area contributed by atoms with Crippen LogP contribution < -0.4 is 5.43 Å². The van der Waals surface area contributed by atoms with Gasteiger partial charge in [0.2, 0.25) is 10.0 Å². The molecule has 0 fully saturated rings. The molecule has 0 bridgehead atoms. The molecule has 0 unspecified atom stereocenters. The average molecular weight is 443 g/mol. The van der Waals surface area contributed by atoms with Crippen molar-refractivity contribution in [1.29, 1.82) is 0 Å². The molecule has 1 heterocycles. The smallest absolute Gasteiger partial charge is 0.255 e. The number of benzene rings is 2. The molecule has 0 aliphatic rings. The maximum atomic E-state index is 13.1. The van der Waals surface area contributed by atoms with Crippen LogP contribution >= 0.6 is 11.6 Å². The number of sulfonamides is 1. The topological polar surface area (TPSA) is 91.7 Å². The minimum absolute atomic E-state index is 0.00807. The normalized spacial score (nSPS) is 11.7. The fourth-order valence-corrected chi connectivity index (χ4v) is 4.12. The molecular formula is C21H19ClN4O3S. The number of halogens is 1. The van der Waals surface area contributed by atoms with Crippen LogP contribution in [0.25, 0.3) is 0 Å². The molecule has 0 radical (unpaired) electrons. The Morgan fingerprint density at radius 1 is 1.07 bits per heavy atom. The summed E-state index contributed by atoms with van der Waals surface area (Å²) in [6.45, 7) is -0.391. The fourth-order valence-electron chi connectivity index (χ4n) is 2.59. The van der Waals surface area contributed by atoms with E-state index in [1.54, 1.807) is 67.0 Å². The number of rotatable bonds is 8. The Morgan fingerprint density at radius 3 is 2.47 bits per heavy atom. The molecule has 1 N–H and O–H groups in total. The number of amides is 1. The summed E-state index contributed by atoms with van der Waals surface area (Å²) in [5, 5.41) is 4.41. The van der Waals surface area contributed by atoms with Crippen LogP contribution in [0.3, 0.4) is 0 Å². The third-order valence-corrected chi connectivity index (χ3v) is 6.12. The van der Waals surface area contributed by atoms with Crippen molar-refractivity contribution in [1.82, 2.24) is 14.7 Å². The standard InChI is InChI=1S/C21H19ClN4O3S/c22-19-10-8-17(9-11-19)15-26(30(28,29)20-6-2-1-3-7-20)16-21(27)25-24-14-18-5-4-12-23-13-18/h1-14H,15-16H2,(H,25,27)/b24-14+. The van der Waals surface area contributed by atoms with Crippen LogP contribution in [0, 0.1) is 0 Å². The third-order valence-electron chi connectivity index (χ3n) is 4.06. The van der Waals surface area contributed by atoms with Crippen molar-refractivity contribution in [3.63, 3.8) is 0 Å². The predicted molar refractivity (Wildman–Crippen MR) is 115 cm³/mol. The average Bonchev–Trinajstić information content (AvgIpc) is 2.76. The van der Waals surface area contributed by atoms with Crippen molar-refractivity contribution in [2.75, 3.05) is 6.54 Å². The Labute approximate surface area is 180 Å². The highest BCUT2D eigenvalue weighted by atomic mass is 35.5. The van der Waals surface area contributed by atoms with Crippen LogP contribution in [0.1, 0.15) is 11.1 Å². The summed E-state index contributed by atoms with van der Waals surface area (Å²) in [5.41, 5.74) is 3.76. The second-order valence-corrected chi connectivity index (χ2v) is 8.67. The number of aromatic nitrogens is 1. The Hall–Kier alpha value is -3.07. The van der Waals surface area contributed by atoms with Gasteiger partial charge in [-0.2, -0.15) is 9.41 Å². The molecule has 0 aliphatic carbocycles. The Morgan fingerprint density at radius 2 is 1.80 bits per heavy atom. The first-order valence-corrected chi connectivity index (χ1v) is 10.8. The molecule has 0 saturated carbocycles. The van der Waals surface area contributed by atoms with Gasteiger partial charge >= 0.3 is 0 Å². The Balaban J connectivity index is 1.77.